The average Bonchev–Trinajstić information content (AvgIpc) is 3.35. The Kier molecular flexibility index (Phi) is 5.60. The lowest BCUT2D eigenvalue weighted by Gasteiger charge is -2.34. The van der Waals surface area contributed by atoms with Crippen LogP contribution >= 0.6 is 0 Å². The molecule has 2 aromatic heterocycles. The number of aliphatic imine (C=N–C) groups is 1. The minimum atomic E-state index is 0.0230. The molecule has 2 aromatic rings. The smallest absolute Gasteiger partial charge is 0.130 e. The van der Waals surface area contributed by atoms with E-state index in [9.17, 15) is 0 Å². The van der Waals surface area contributed by atoms with Gasteiger partial charge < -0.3 is 8.98 Å². The number of hydrogen-bond acceptors (Lipinski definition) is 3. The second kappa shape index (κ2) is 7.90. The largest absolute Gasteiger partial charge is 0.467 e. The summed E-state index contributed by atoms with van der Waals surface area (Å²) in [6.07, 6.45) is 14.9. The molecule has 0 radical (unpaired) electrons. The van der Waals surface area contributed by atoms with E-state index in [1.807, 2.05) is 24.7 Å². The molecule has 0 saturated heterocycles. The van der Waals surface area contributed by atoms with E-state index in [4.69, 9.17) is 9.41 Å². The molecule has 26 heavy (non-hydrogen) atoms. The molecule has 4 heteroatoms. The van der Waals surface area contributed by atoms with Gasteiger partial charge in [-0.15, -0.1) is 6.58 Å². The predicted octanol–water partition coefficient (Wildman–Crippen LogP) is 5.47. The molecule has 0 spiro atoms. The second-order valence-electron chi connectivity index (χ2n) is 7.59. The van der Waals surface area contributed by atoms with Crippen LogP contribution in [0.2, 0.25) is 0 Å². The fraction of sp³-hybridized carbons (Fsp3) is 0.455. The van der Waals surface area contributed by atoms with Gasteiger partial charge in [-0.3, -0.25) is 4.99 Å². The van der Waals surface area contributed by atoms with Gasteiger partial charge in [0.25, 0.3) is 0 Å². The van der Waals surface area contributed by atoms with Crippen LogP contribution in [0, 0.1) is 11.3 Å². The Morgan fingerprint density at radius 2 is 2.27 bits per heavy atom. The summed E-state index contributed by atoms with van der Waals surface area (Å²) in [6, 6.07) is 3.97. The van der Waals surface area contributed by atoms with Gasteiger partial charge >= 0.3 is 0 Å². The van der Waals surface area contributed by atoms with Crippen molar-refractivity contribution in [2.24, 2.45) is 16.3 Å². The first-order valence-electron chi connectivity index (χ1n) is 9.43. The van der Waals surface area contributed by atoms with Crippen molar-refractivity contribution in [3.05, 3.63) is 67.2 Å². The molecular formula is C22H29N3O. The molecule has 0 amide bonds. The van der Waals surface area contributed by atoms with E-state index >= 15 is 0 Å². The number of nitrogens with zero attached hydrogens (tertiary/aromatic N) is 3. The maximum absolute atomic E-state index is 5.71. The molecule has 0 aromatic carbocycles. The number of hydrogen-bond donors (Lipinski definition) is 0. The van der Waals surface area contributed by atoms with Gasteiger partial charge in [0, 0.05) is 30.4 Å². The van der Waals surface area contributed by atoms with E-state index in [1.54, 1.807) is 12.5 Å². The summed E-state index contributed by atoms with van der Waals surface area (Å²) in [5.41, 5.74) is 2.61. The van der Waals surface area contributed by atoms with Crippen LogP contribution in [0.25, 0.3) is 0 Å². The number of imidazole rings is 1. The van der Waals surface area contributed by atoms with Gasteiger partial charge in [0.1, 0.15) is 11.8 Å². The quantitative estimate of drug-likeness (QED) is 0.592. The zero-order valence-corrected chi connectivity index (χ0v) is 16.1. The van der Waals surface area contributed by atoms with Crippen LogP contribution in [0.3, 0.4) is 0 Å². The fourth-order valence-electron chi connectivity index (χ4n) is 3.80. The SMILES string of the molecule is C=CC(C)(C)C(CCC)C1=NCC(C(c2ccco2)n2ccnc2)=CC1. The first-order valence-corrected chi connectivity index (χ1v) is 9.43. The highest BCUT2D eigenvalue weighted by molar-refractivity contribution is 5.90. The number of rotatable bonds is 8. The predicted molar refractivity (Wildman–Crippen MR) is 106 cm³/mol. The van der Waals surface area contributed by atoms with Crippen LogP contribution in [0.15, 0.2) is 70.8 Å². The molecule has 0 N–H and O–H groups in total. The van der Waals surface area contributed by atoms with Gasteiger partial charge in [0.2, 0.25) is 0 Å². The van der Waals surface area contributed by atoms with Gasteiger partial charge in [-0.1, -0.05) is 39.3 Å². The summed E-state index contributed by atoms with van der Waals surface area (Å²) in [7, 11) is 0. The standard InChI is InChI=1S/C22H29N3O/c1-5-8-18(22(3,4)6-2)19-11-10-17(15-24-19)21(20-9-7-14-26-20)25-13-12-23-16-25/h6-7,9-10,12-14,16,18,21H,2,5,8,11,15H2,1,3-4H3. The Bertz CT molecular complexity index is 732. The highest BCUT2D eigenvalue weighted by atomic mass is 16.3. The van der Waals surface area contributed by atoms with Gasteiger partial charge in [0.05, 0.1) is 19.1 Å². The summed E-state index contributed by atoms with van der Waals surface area (Å²) < 4.78 is 7.79. The third-order valence-electron chi connectivity index (χ3n) is 5.43. The number of furan rings is 1. The zero-order chi connectivity index (χ0) is 18.6. The van der Waals surface area contributed by atoms with E-state index in [1.165, 1.54) is 11.3 Å². The van der Waals surface area contributed by atoms with E-state index < -0.39 is 0 Å². The first-order chi connectivity index (χ1) is 12.6. The van der Waals surface area contributed by atoms with Crippen LogP contribution < -0.4 is 0 Å². The maximum atomic E-state index is 5.71. The molecule has 3 heterocycles. The molecule has 4 nitrogen and oxygen atoms in total. The molecule has 0 aliphatic carbocycles. The summed E-state index contributed by atoms with van der Waals surface area (Å²) in [5.74, 6) is 1.36. The van der Waals surface area contributed by atoms with Crippen LogP contribution in [0.1, 0.15) is 51.8 Å². The Balaban J connectivity index is 1.83. The molecule has 1 aliphatic heterocycles. The van der Waals surface area contributed by atoms with Crippen LogP contribution in [0.5, 0.6) is 0 Å². The Hall–Kier alpha value is -2.36. The molecule has 2 unspecified atom stereocenters. The summed E-state index contributed by atoms with van der Waals surface area (Å²) >= 11 is 0. The monoisotopic (exact) mass is 351 g/mol. The highest BCUT2D eigenvalue weighted by Crippen LogP contribution is 2.36. The van der Waals surface area contributed by atoms with E-state index in [0.717, 1.165) is 25.0 Å². The van der Waals surface area contributed by atoms with Crippen molar-refractivity contribution in [1.82, 2.24) is 9.55 Å². The summed E-state index contributed by atoms with van der Waals surface area (Å²) in [6.45, 7) is 11.5. The van der Waals surface area contributed by atoms with Crippen molar-refractivity contribution in [3.63, 3.8) is 0 Å². The van der Waals surface area contributed by atoms with Crippen LogP contribution in [-0.4, -0.2) is 21.8 Å². The maximum Gasteiger partial charge on any atom is 0.130 e. The van der Waals surface area contributed by atoms with E-state index in [-0.39, 0.29) is 11.5 Å². The lowest BCUT2D eigenvalue weighted by Crippen LogP contribution is -2.31. The zero-order valence-electron chi connectivity index (χ0n) is 16.1. The molecule has 138 valence electrons. The van der Waals surface area contributed by atoms with E-state index in [0.29, 0.717) is 12.5 Å². The number of aromatic nitrogens is 2. The Morgan fingerprint density at radius 3 is 2.81 bits per heavy atom. The molecule has 0 bridgehead atoms. The lowest BCUT2D eigenvalue weighted by molar-refractivity contribution is 0.341. The van der Waals surface area contributed by atoms with Crippen LogP contribution in [-0.2, 0) is 0 Å². The number of allylic oxidation sites excluding steroid dienone is 2. The fourth-order valence-corrected chi connectivity index (χ4v) is 3.80. The Labute approximate surface area is 156 Å². The molecule has 0 saturated carbocycles. The van der Waals surface area contributed by atoms with Crippen molar-refractivity contribution in [2.45, 2.75) is 46.1 Å². The van der Waals surface area contributed by atoms with Crippen molar-refractivity contribution in [2.75, 3.05) is 6.54 Å². The van der Waals surface area contributed by atoms with E-state index in [2.05, 4.69) is 49.1 Å². The lowest BCUT2D eigenvalue weighted by atomic mass is 9.72. The van der Waals surface area contributed by atoms with Gasteiger partial charge in [-0.25, -0.2) is 4.98 Å². The minimum absolute atomic E-state index is 0.0230. The molecular weight excluding hydrogens is 322 g/mol. The van der Waals surface area contributed by atoms with Crippen LogP contribution in [0.4, 0.5) is 0 Å². The highest BCUT2D eigenvalue weighted by Gasteiger charge is 2.31. The van der Waals surface area contributed by atoms with Gasteiger partial charge in [0.15, 0.2) is 0 Å². The average molecular weight is 351 g/mol. The third kappa shape index (κ3) is 3.74. The Morgan fingerprint density at radius 1 is 1.42 bits per heavy atom. The van der Waals surface area contributed by atoms with Crippen molar-refractivity contribution < 1.29 is 4.42 Å². The second-order valence-corrected chi connectivity index (χ2v) is 7.59. The van der Waals surface area contributed by atoms with Gasteiger partial charge in [-0.05, 0) is 29.5 Å². The number of dihydropyridines is 1. The third-order valence-corrected chi connectivity index (χ3v) is 5.43. The molecule has 3 rings (SSSR count). The summed E-state index contributed by atoms with van der Waals surface area (Å²) in [5, 5.41) is 0. The normalized spacial score (nSPS) is 17.3. The minimum Gasteiger partial charge on any atom is -0.467 e. The van der Waals surface area contributed by atoms with Crippen molar-refractivity contribution in [1.29, 1.82) is 0 Å². The topological polar surface area (TPSA) is 43.3 Å². The molecule has 1 aliphatic rings. The van der Waals surface area contributed by atoms with Gasteiger partial charge in [-0.2, -0.15) is 0 Å². The molecule has 2 atom stereocenters. The van der Waals surface area contributed by atoms with Crippen molar-refractivity contribution >= 4 is 5.71 Å². The van der Waals surface area contributed by atoms with Crippen molar-refractivity contribution in [3.8, 4) is 0 Å². The summed E-state index contributed by atoms with van der Waals surface area (Å²) in [4.78, 5) is 9.22. The first kappa shape index (κ1) is 18.4. The molecule has 0 fully saturated rings.